The SMILES string of the molecule is COC(=O)/C=C/c1cccc(C(C)(C)C)c1O. The Kier molecular flexibility index (Phi) is 3.94. The molecule has 0 radical (unpaired) electrons. The third-order valence-electron chi connectivity index (χ3n) is 2.48. The molecule has 17 heavy (non-hydrogen) atoms. The first-order valence-corrected chi connectivity index (χ1v) is 5.44. The number of benzene rings is 1. The molecule has 1 aromatic carbocycles. The molecule has 0 atom stereocenters. The molecule has 0 heterocycles. The average Bonchev–Trinajstić information content (AvgIpc) is 2.25. The van der Waals surface area contributed by atoms with E-state index >= 15 is 0 Å². The molecular weight excluding hydrogens is 216 g/mol. The van der Waals surface area contributed by atoms with Gasteiger partial charge in [-0.25, -0.2) is 4.79 Å². The average molecular weight is 234 g/mol. The number of hydrogen-bond acceptors (Lipinski definition) is 3. The third kappa shape index (κ3) is 3.34. The Labute approximate surface area is 102 Å². The van der Waals surface area contributed by atoms with E-state index in [-0.39, 0.29) is 11.2 Å². The lowest BCUT2D eigenvalue weighted by Crippen LogP contribution is -2.11. The summed E-state index contributed by atoms with van der Waals surface area (Å²) in [4.78, 5) is 11.0. The highest BCUT2D eigenvalue weighted by atomic mass is 16.5. The molecule has 0 spiro atoms. The summed E-state index contributed by atoms with van der Waals surface area (Å²) in [6.45, 7) is 6.07. The molecule has 1 aromatic rings. The van der Waals surface area contributed by atoms with Crippen LogP contribution in [0.4, 0.5) is 0 Å². The van der Waals surface area contributed by atoms with Crippen molar-refractivity contribution in [3.8, 4) is 5.75 Å². The Balaban J connectivity index is 3.12. The van der Waals surface area contributed by atoms with E-state index < -0.39 is 5.97 Å². The lowest BCUT2D eigenvalue weighted by Gasteiger charge is -2.21. The molecule has 3 nitrogen and oxygen atoms in total. The van der Waals surface area contributed by atoms with Crippen LogP contribution in [0.5, 0.6) is 5.75 Å². The van der Waals surface area contributed by atoms with Gasteiger partial charge in [-0.1, -0.05) is 39.0 Å². The molecule has 0 saturated heterocycles. The first kappa shape index (κ1) is 13.3. The van der Waals surface area contributed by atoms with Gasteiger partial charge in [0.1, 0.15) is 5.75 Å². The Morgan fingerprint density at radius 1 is 1.35 bits per heavy atom. The molecule has 0 aliphatic heterocycles. The quantitative estimate of drug-likeness (QED) is 0.632. The van der Waals surface area contributed by atoms with Crippen molar-refractivity contribution in [3.63, 3.8) is 0 Å². The highest BCUT2D eigenvalue weighted by Gasteiger charge is 2.18. The molecular formula is C14H18O3. The van der Waals surface area contributed by atoms with E-state index in [1.165, 1.54) is 13.2 Å². The molecule has 0 aromatic heterocycles. The monoisotopic (exact) mass is 234 g/mol. The summed E-state index contributed by atoms with van der Waals surface area (Å²) in [7, 11) is 1.32. The van der Waals surface area contributed by atoms with Crippen molar-refractivity contribution in [2.45, 2.75) is 26.2 Å². The lowest BCUT2D eigenvalue weighted by molar-refractivity contribution is -0.134. The molecule has 1 rings (SSSR count). The normalized spacial score (nSPS) is 11.8. The van der Waals surface area contributed by atoms with E-state index in [0.29, 0.717) is 5.56 Å². The van der Waals surface area contributed by atoms with Crippen molar-refractivity contribution in [1.29, 1.82) is 0 Å². The molecule has 0 fully saturated rings. The molecule has 0 bridgehead atoms. The Morgan fingerprint density at radius 3 is 2.53 bits per heavy atom. The van der Waals surface area contributed by atoms with Crippen molar-refractivity contribution >= 4 is 12.0 Å². The van der Waals surface area contributed by atoms with E-state index in [1.807, 2.05) is 32.9 Å². The lowest BCUT2D eigenvalue weighted by atomic mass is 9.85. The van der Waals surface area contributed by atoms with Crippen molar-refractivity contribution in [2.75, 3.05) is 7.11 Å². The number of rotatable bonds is 2. The number of carbonyl (C=O) groups is 1. The fraction of sp³-hybridized carbons (Fsp3) is 0.357. The van der Waals surface area contributed by atoms with Crippen LogP contribution in [0.3, 0.4) is 0 Å². The molecule has 3 heteroatoms. The minimum absolute atomic E-state index is 0.140. The van der Waals surface area contributed by atoms with Gasteiger partial charge < -0.3 is 9.84 Å². The van der Waals surface area contributed by atoms with Crippen LogP contribution >= 0.6 is 0 Å². The molecule has 0 saturated carbocycles. The van der Waals surface area contributed by atoms with Gasteiger partial charge in [0.25, 0.3) is 0 Å². The minimum Gasteiger partial charge on any atom is -0.507 e. The van der Waals surface area contributed by atoms with E-state index in [0.717, 1.165) is 5.56 Å². The van der Waals surface area contributed by atoms with Gasteiger partial charge in [0.15, 0.2) is 0 Å². The summed E-state index contributed by atoms with van der Waals surface area (Å²) in [6.07, 6.45) is 2.85. The first-order valence-electron chi connectivity index (χ1n) is 5.44. The largest absolute Gasteiger partial charge is 0.507 e. The fourth-order valence-electron chi connectivity index (χ4n) is 1.53. The predicted molar refractivity (Wildman–Crippen MR) is 67.9 cm³/mol. The van der Waals surface area contributed by atoms with Gasteiger partial charge in [0, 0.05) is 11.6 Å². The van der Waals surface area contributed by atoms with Crippen molar-refractivity contribution in [1.82, 2.24) is 0 Å². The summed E-state index contributed by atoms with van der Waals surface area (Å²) in [5, 5.41) is 10.1. The standard InChI is InChI=1S/C14H18O3/c1-14(2,3)11-7-5-6-10(13(11)16)8-9-12(15)17-4/h5-9,16H,1-4H3/b9-8+. The molecule has 0 amide bonds. The highest BCUT2D eigenvalue weighted by Crippen LogP contribution is 2.33. The number of ether oxygens (including phenoxy) is 1. The summed E-state index contributed by atoms with van der Waals surface area (Å²) in [5.74, 6) is -0.231. The van der Waals surface area contributed by atoms with E-state index in [9.17, 15) is 9.90 Å². The number of hydrogen-bond donors (Lipinski definition) is 1. The number of carbonyl (C=O) groups excluding carboxylic acids is 1. The van der Waals surface area contributed by atoms with Gasteiger partial charge in [-0.2, -0.15) is 0 Å². The third-order valence-corrected chi connectivity index (χ3v) is 2.48. The van der Waals surface area contributed by atoms with Crippen molar-refractivity contribution in [3.05, 3.63) is 35.4 Å². The maximum Gasteiger partial charge on any atom is 0.330 e. The molecule has 1 N–H and O–H groups in total. The van der Waals surface area contributed by atoms with Crippen LogP contribution in [0.25, 0.3) is 6.08 Å². The summed E-state index contributed by atoms with van der Waals surface area (Å²) < 4.78 is 4.50. The molecule has 0 aliphatic rings. The number of esters is 1. The number of aromatic hydroxyl groups is 1. The second-order valence-corrected chi connectivity index (χ2v) is 4.85. The number of methoxy groups -OCH3 is 1. The summed E-state index contributed by atoms with van der Waals surface area (Å²) >= 11 is 0. The maximum absolute atomic E-state index is 11.0. The Morgan fingerprint density at radius 2 is 2.00 bits per heavy atom. The number of phenolic OH excluding ortho intramolecular Hbond substituents is 1. The van der Waals surface area contributed by atoms with Gasteiger partial charge in [-0.05, 0) is 17.1 Å². The second kappa shape index (κ2) is 5.04. The van der Waals surface area contributed by atoms with Gasteiger partial charge in [-0.3, -0.25) is 0 Å². The van der Waals surface area contributed by atoms with Gasteiger partial charge in [-0.15, -0.1) is 0 Å². The highest BCUT2D eigenvalue weighted by molar-refractivity contribution is 5.87. The van der Waals surface area contributed by atoms with Crippen LogP contribution in [-0.4, -0.2) is 18.2 Å². The molecule has 0 aliphatic carbocycles. The predicted octanol–water partition coefficient (Wildman–Crippen LogP) is 2.88. The minimum atomic E-state index is -0.439. The second-order valence-electron chi connectivity index (χ2n) is 4.85. The smallest absolute Gasteiger partial charge is 0.330 e. The van der Waals surface area contributed by atoms with Crippen molar-refractivity contribution in [2.24, 2.45) is 0 Å². The Bertz CT molecular complexity index is 439. The van der Waals surface area contributed by atoms with Gasteiger partial charge in [0.2, 0.25) is 0 Å². The van der Waals surface area contributed by atoms with Gasteiger partial charge in [0.05, 0.1) is 7.11 Å². The van der Waals surface area contributed by atoms with E-state index in [2.05, 4.69) is 4.74 Å². The van der Waals surface area contributed by atoms with Gasteiger partial charge >= 0.3 is 5.97 Å². The van der Waals surface area contributed by atoms with E-state index in [4.69, 9.17) is 0 Å². The number of phenols is 1. The summed E-state index contributed by atoms with van der Waals surface area (Å²) in [6, 6.07) is 5.49. The van der Waals surface area contributed by atoms with Crippen LogP contribution in [0, 0.1) is 0 Å². The zero-order valence-corrected chi connectivity index (χ0v) is 10.7. The number of para-hydroxylation sites is 1. The van der Waals surface area contributed by atoms with Crippen molar-refractivity contribution < 1.29 is 14.6 Å². The molecule has 92 valence electrons. The molecule has 0 unspecified atom stereocenters. The van der Waals surface area contributed by atoms with Crippen LogP contribution in [0.1, 0.15) is 31.9 Å². The van der Waals surface area contributed by atoms with E-state index in [1.54, 1.807) is 12.1 Å². The van der Waals surface area contributed by atoms with Crippen LogP contribution < -0.4 is 0 Å². The first-order chi connectivity index (χ1) is 7.86. The van der Waals surface area contributed by atoms with Crippen LogP contribution in [-0.2, 0) is 14.9 Å². The topological polar surface area (TPSA) is 46.5 Å². The summed E-state index contributed by atoms with van der Waals surface area (Å²) in [5.41, 5.74) is 1.33. The zero-order valence-electron chi connectivity index (χ0n) is 10.7. The zero-order chi connectivity index (χ0) is 13.1. The Hall–Kier alpha value is -1.77. The maximum atomic E-state index is 11.0. The van der Waals surface area contributed by atoms with Crippen LogP contribution in [0.15, 0.2) is 24.3 Å². The van der Waals surface area contributed by atoms with Crippen LogP contribution in [0.2, 0.25) is 0 Å². The fourth-order valence-corrected chi connectivity index (χ4v) is 1.53.